The zero-order chi connectivity index (χ0) is 20.6. The van der Waals surface area contributed by atoms with Crippen LogP contribution >= 0.6 is 0 Å². The fourth-order valence-electron chi connectivity index (χ4n) is 3.10. The molecular weight excluding hydrogens is 366 g/mol. The molecule has 0 aliphatic heterocycles. The van der Waals surface area contributed by atoms with Gasteiger partial charge in [-0.05, 0) is 25.2 Å². The molecule has 0 atom stereocenters. The monoisotopic (exact) mass is 391 g/mol. The third-order valence-corrected chi connectivity index (χ3v) is 4.79. The van der Waals surface area contributed by atoms with Crippen molar-refractivity contribution in [2.75, 3.05) is 26.2 Å². The topological polar surface area (TPSA) is 59.8 Å². The number of fused-ring (bicyclic) bond motifs is 1. The van der Waals surface area contributed by atoms with Crippen LogP contribution in [0.15, 0.2) is 69.9 Å². The molecule has 2 aromatic carbocycles. The predicted molar refractivity (Wildman–Crippen MR) is 116 cm³/mol. The van der Waals surface area contributed by atoms with Gasteiger partial charge in [0.05, 0.1) is 5.39 Å². The maximum absolute atomic E-state index is 12.5. The van der Waals surface area contributed by atoms with Gasteiger partial charge < -0.3 is 14.1 Å². The molecule has 1 heterocycles. The van der Waals surface area contributed by atoms with Crippen LogP contribution in [0.1, 0.15) is 19.4 Å². The van der Waals surface area contributed by atoms with E-state index in [0.29, 0.717) is 35.4 Å². The molecule has 0 unspecified atom stereocenters. The number of ether oxygens (including phenoxy) is 1. The largest absolute Gasteiger partial charge is 0.461 e. The van der Waals surface area contributed by atoms with Gasteiger partial charge in [-0.15, -0.1) is 0 Å². The Morgan fingerprint density at radius 3 is 2.55 bits per heavy atom. The summed E-state index contributed by atoms with van der Waals surface area (Å²) in [4.78, 5) is 26.8. The summed E-state index contributed by atoms with van der Waals surface area (Å²) in [5.41, 5.74) is 1.80. The van der Waals surface area contributed by atoms with E-state index in [1.165, 1.54) is 12.1 Å². The molecule has 5 nitrogen and oxygen atoms in total. The van der Waals surface area contributed by atoms with Crippen molar-refractivity contribution in [3.05, 3.63) is 76.5 Å². The Labute approximate surface area is 170 Å². The first kappa shape index (κ1) is 20.6. The van der Waals surface area contributed by atoms with Crippen LogP contribution in [0, 0.1) is 0 Å². The van der Waals surface area contributed by atoms with Crippen LogP contribution in [0.5, 0.6) is 0 Å². The molecule has 5 heteroatoms. The quantitative estimate of drug-likeness (QED) is 0.422. The Hall–Kier alpha value is -3.18. The van der Waals surface area contributed by atoms with Gasteiger partial charge in [0.1, 0.15) is 18.0 Å². The molecule has 0 N–H and O–H groups in total. The van der Waals surface area contributed by atoms with Crippen LogP contribution in [0.2, 0.25) is 0 Å². The first-order chi connectivity index (χ1) is 14.1. The molecule has 0 aliphatic rings. The standard InChI is InChI=1S/C24H25NO4/c1-3-25(4-2)15-16-28-23(27)14-13-19-11-8-12-20-21(26)17-22(29-24(19)20)18-9-6-5-7-10-18/h5-14,17H,3-4,15-16H2,1-2H3. The average molecular weight is 391 g/mol. The average Bonchev–Trinajstić information content (AvgIpc) is 2.76. The predicted octanol–water partition coefficient (Wildman–Crippen LogP) is 4.36. The normalized spacial score (nSPS) is 11.4. The number of para-hydroxylation sites is 1. The molecule has 1 aromatic heterocycles. The van der Waals surface area contributed by atoms with Crippen molar-refractivity contribution in [3.8, 4) is 11.3 Å². The van der Waals surface area contributed by atoms with E-state index >= 15 is 0 Å². The minimum Gasteiger partial charge on any atom is -0.461 e. The van der Waals surface area contributed by atoms with E-state index in [4.69, 9.17) is 9.15 Å². The third-order valence-electron chi connectivity index (χ3n) is 4.79. The summed E-state index contributed by atoms with van der Waals surface area (Å²) in [7, 11) is 0. The van der Waals surface area contributed by atoms with E-state index < -0.39 is 5.97 Å². The van der Waals surface area contributed by atoms with Gasteiger partial charge in [-0.25, -0.2) is 4.79 Å². The molecule has 0 aliphatic carbocycles. The van der Waals surface area contributed by atoms with Crippen molar-refractivity contribution in [1.29, 1.82) is 0 Å². The lowest BCUT2D eigenvalue weighted by atomic mass is 10.1. The van der Waals surface area contributed by atoms with E-state index in [-0.39, 0.29) is 5.43 Å². The van der Waals surface area contributed by atoms with Gasteiger partial charge in [-0.1, -0.05) is 56.3 Å². The Balaban J connectivity index is 1.82. The second-order valence-corrected chi connectivity index (χ2v) is 6.59. The van der Waals surface area contributed by atoms with E-state index in [1.54, 1.807) is 24.3 Å². The lowest BCUT2D eigenvalue weighted by Gasteiger charge is -2.17. The summed E-state index contributed by atoms with van der Waals surface area (Å²) < 4.78 is 11.3. The molecule has 0 saturated carbocycles. The molecule has 0 radical (unpaired) electrons. The second kappa shape index (κ2) is 9.85. The fourth-order valence-corrected chi connectivity index (χ4v) is 3.10. The highest BCUT2D eigenvalue weighted by Gasteiger charge is 2.09. The number of carbonyl (C=O) groups excluding carboxylic acids is 1. The summed E-state index contributed by atoms with van der Waals surface area (Å²) in [6.45, 7) is 7.03. The Morgan fingerprint density at radius 2 is 1.83 bits per heavy atom. The molecule has 3 rings (SSSR count). The molecule has 0 fully saturated rings. The molecule has 0 spiro atoms. The molecule has 0 amide bonds. The Morgan fingerprint density at radius 1 is 1.07 bits per heavy atom. The van der Waals surface area contributed by atoms with Crippen LogP contribution in [-0.2, 0) is 9.53 Å². The Bertz CT molecular complexity index is 1050. The molecule has 0 bridgehead atoms. The van der Waals surface area contributed by atoms with Crippen molar-refractivity contribution in [1.82, 2.24) is 4.90 Å². The highest BCUT2D eigenvalue weighted by Crippen LogP contribution is 2.24. The summed E-state index contributed by atoms with van der Waals surface area (Å²) in [6, 6.07) is 16.2. The van der Waals surface area contributed by atoms with Crippen molar-refractivity contribution in [2.24, 2.45) is 0 Å². The number of esters is 1. The minimum atomic E-state index is -0.421. The van der Waals surface area contributed by atoms with Crippen LogP contribution in [0.25, 0.3) is 28.4 Å². The van der Waals surface area contributed by atoms with Gasteiger partial charge in [0.2, 0.25) is 0 Å². The SMILES string of the molecule is CCN(CC)CCOC(=O)C=Cc1cccc2c(=O)cc(-c3ccccc3)oc12. The number of hydrogen-bond acceptors (Lipinski definition) is 5. The minimum absolute atomic E-state index is 0.123. The first-order valence-corrected chi connectivity index (χ1v) is 9.81. The van der Waals surface area contributed by atoms with Crippen LogP contribution in [0.4, 0.5) is 0 Å². The molecule has 29 heavy (non-hydrogen) atoms. The van der Waals surface area contributed by atoms with Gasteiger partial charge >= 0.3 is 5.97 Å². The van der Waals surface area contributed by atoms with E-state index in [2.05, 4.69) is 18.7 Å². The van der Waals surface area contributed by atoms with Crippen LogP contribution in [-0.4, -0.2) is 37.1 Å². The zero-order valence-corrected chi connectivity index (χ0v) is 16.8. The summed E-state index contributed by atoms with van der Waals surface area (Å²) in [5, 5.41) is 0.474. The van der Waals surface area contributed by atoms with E-state index in [0.717, 1.165) is 18.7 Å². The van der Waals surface area contributed by atoms with Gasteiger partial charge in [0.15, 0.2) is 5.43 Å². The van der Waals surface area contributed by atoms with Gasteiger partial charge in [0.25, 0.3) is 0 Å². The second-order valence-electron chi connectivity index (χ2n) is 6.59. The number of benzene rings is 2. The lowest BCUT2D eigenvalue weighted by molar-refractivity contribution is -0.138. The van der Waals surface area contributed by atoms with Crippen molar-refractivity contribution in [3.63, 3.8) is 0 Å². The molecule has 3 aromatic rings. The van der Waals surface area contributed by atoms with Crippen LogP contribution in [0.3, 0.4) is 0 Å². The highest BCUT2D eigenvalue weighted by atomic mass is 16.5. The number of carbonyl (C=O) groups is 1. The maximum Gasteiger partial charge on any atom is 0.330 e. The molecular formula is C24H25NO4. The zero-order valence-electron chi connectivity index (χ0n) is 16.8. The lowest BCUT2D eigenvalue weighted by Crippen LogP contribution is -2.27. The number of hydrogen-bond donors (Lipinski definition) is 0. The smallest absolute Gasteiger partial charge is 0.330 e. The number of nitrogens with zero attached hydrogens (tertiary/aromatic N) is 1. The summed E-state index contributed by atoms with van der Waals surface area (Å²) in [6.07, 6.45) is 2.99. The third kappa shape index (κ3) is 5.21. The van der Waals surface area contributed by atoms with Gasteiger partial charge in [-0.2, -0.15) is 0 Å². The van der Waals surface area contributed by atoms with Gasteiger partial charge in [-0.3, -0.25) is 4.79 Å². The van der Waals surface area contributed by atoms with Crippen molar-refractivity contribution >= 4 is 23.0 Å². The van der Waals surface area contributed by atoms with E-state index in [1.807, 2.05) is 30.3 Å². The van der Waals surface area contributed by atoms with Crippen LogP contribution < -0.4 is 5.43 Å². The summed E-state index contributed by atoms with van der Waals surface area (Å²) in [5.74, 6) is 0.0708. The summed E-state index contributed by atoms with van der Waals surface area (Å²) >= 11 is 0. The Kier molecular flexibility index (Phi) is 6.98. The first-order valence-electron chi connectivity index (χ1n) is 9.81. The fraction of sp³-hybridized carbons (Fsp3) is 0.250. The molecule has 0 saturated heterocycles. The maximum atomic E-state index is 12.5. The number of rotatable bonds is 8. The van der Waals surface area contributed by atoms with Gasteiger partial charge in [0, 0.05) is 29.8 Å². The van der Waals surface area contributed by atoms with Crippen molar-refractivity contribution in [2.45, 2.75) is 13.8 Å². The highest BCUT2D eigenvalue weighted by molar-refractivity contribution is 5.92. The van der Waals surface area contributed by atoms with Crippen molar-refractivity contribution < 1.29 is 13.9 Å². The molecule has 150 valence electrons. The number of likely N-dealkylation sites (N-methyl/N-ethyl adjacent to an activating group) is 1. The van der Waals surface area contributed by atoms with E-state index in [9.17, 15) is 9.59 Å².